The summed E-state index contributed by atoms with van der Waals surface area (Å²) in [6.45, 7) is 0. The van der Waals surface area contributed by atoms with E-state index in [1.807, 2.05) is 24.3 Å². The fraction of sp³-hybridized carbons (Fsp3) is 0. The van der Waals surface area contributed by atoms with E-state index in [4.69, 9.17) is 9.72 Å². The minimum atomic E-state index is -2.02. The van der Waals surface area contributed by atoms with Crippen LogP contribution in [0.2, 0.25) is 0 Å². The van der Waals surface area contributed by atoms with Gasteiger partial charge in [0, 0.05) is 55.9 Å². The summed E-state index contributed by atoms with van der Waals surface area (Å²) in [5.41, 5.74) is 5.73. The van der Waals surface area contributed by atoms with Crippen LogP contribution in [0.3, 0.4) is 0 Å². The molecule has 10 aromatic rings. The second-order valence-electron chi connectivity index (χ2n) is 15.8. The van der Waals surface area contributed by atoms with Crippen molar-refractivity contribution in [3.63, 3.8) is 0 Å². The molecule has 11 rings (SSSR count). The van der Waals surface area contributed by atoms with Crippen LogP contribution in [0.4, 0.5) is 0 Å². The van der Waals surface area contributed by atoms with Crippen molar-refractivity contribution >= 4 is 20.1 Å². The molecule has 0 bridgehead atoms. The van der Waals surface area contributed by atoms with Crippen LogP contribution in [0.5, 0.6) is 11.5 Å². The van der Waals surface area contributed by atoms with Crippen molar-refractivity contribution in [3.8, 4) is 51.2 Å². The van der Waals surface area contributed by atoms with Crippen LogP contribution in [0.1, 0.15) is 5.56 Å². The van der Waals surface area contributed by atoms with E-state index in [9.17, 15) is 5.26 Å². The fourth-order valence-corrected chi connectivity index (χ4v) is 17.3. The maximum absolute atomic E-state index is 10.4. The number of rotatable bonds is 9. The van der Waals surface area contributed by atoms with Crippen LogP contribution in [0.25, 0.3) is 33.6 Å². The summed E-state index contributed by atoms with van der Waals surface area (Å²) in [5.74, 6) is 1.66. The van der Waals surface area contributed by atoms with Gasteiger partial charge in [-0.1, -0.05) is 146 Å². The molecule has 1 aliphatic heterocycles. The highest BCUT2D eigenvalue weighted by atomic mass is 32.3. The number of pyridine rings is 1. The van der Waals surface area contributed by atoms with Gasteiger partial charge in [0.1, 0.15) is 11.5 Å². The van der Waals surface area contributed by atoms with Crippen molar-refractivity contribution in [1.29, 1.82) is 5.26 Å². The molecule has 1 aromatic heterocycles. The first-order chi connectivity index (χ1) is 32.2. The quantitative estimate of drug-likeness (QED) is 0.145. The van der Waals surface area contributed by atoms with Gasteiger partial charge in [0.25, 0.3) is 0 Å². The number of nitriles is 1. The second kappa shape index (κ2) is 17.0. The van der Waals surface area contributed by atoms with Gasteiger partial charge in [-0.25, -0.2) is 4.98 Å². The predicted molar refractivity (Wildman–Crippen MR) is 265 cm³/mol. The van der Waals surface area contributed by atoms with Crippen LogP contribution >= 0.6 is 20.1 Å². The smallest absolute Gasteiger partial charge is 0.148 e. The van der Waals surface area contributed by atoms with Crippen molar-refractivity contribution < 1.29 is 4.74 Å². The van der Waals surface area contributed by atoms with Gasteiger partial charge in [0.15, 0.2) is 0 Å². The highest BCUT2D eigenvalue weighted by molar-refractivity contribution is 8.34. The number of hydrogen-bond acceptors (Lipinski definition) is 3. The molecule has 0 unspecified atom stereocenters. The Morgan fingerprint density at radius 2 is 0.877 bits per heavy atom. The number of ether oxygens (including phenoxy) is 1. The molecule has 0 amide bonds. The Bertz CT molecular complexity index is 3220. The Hall–Kier alpha value is -7.88. The zero-order valence-electron chi connectivity index (χ0n) is 35.4. The van der Waals surface area contributed by atoms with Gasteiger partial charge in [-0.15, -0.1) is 20.1 Å². The van der Waals surface area contributed by atoms with Gasteiger partial charge in [-0.3, -0.25) is 0 Å². The standard InChI is InChI=1S/C60H42N2OS2/c61-43-45-22-16-17-35-53(45)56-42-46(54-36-21-39-59-60(54)63-57-37-18-19-38-58(57)65(59,50-30-12-4-13-31-50)51-32-14-5-15-33-51)41-55(62-56)44-23-20-34-52(40-44)64(47-24-6-1-7-25-47,48-26-8-2-9-27-48)49-28-10-3-11-29-49/h1-42H. The van der Waals surface area contributed by atoms with Gasteiger partial charge < -0.3 is 4.74 Å². The molecule has 0 saturated carbocycles. The number of nitrogens with zero attached hydrogens (tertiary/aromatic N) is 2. The Balaban J connectivity index is 1.18. The molecule has 65 heavy (non-hydrogen) atoms. The van der Waals surface area contributed by atoms with Crippen molar-refractivity contribution in [3.05, 3.63) is 260 Å². The first-order valence-electron chi connectivity index (χ1n) is 21.6. The molecule has 0 atom stereocenters. The molecular formula is C60H42N2OS2. The summed E-state index contributed by atoms with van der Waals surface area (Å²) in [5, 5.41) is 10.4. The summed E-state index contributed by atoms with van der Waals surface area (Å²) in [6.07, 6.45) is 0. The third kappa shape index (κ3) is 6.74. The number of para-hydroxylation sites is 2. The summed E-state index contributed by atoms with van der Waals surface area (Å²) >= 11 is 0. The van der Waals surface area contributed by atoms with E-state index in [0.29, 0.717) is 11.3 Å². The average Bonchev–Trinajstić information content (AvgIpc) is 3.39. The van der Waals surface area contributed by atoms with Gasteiger partial charge in [-0.2, -0.15) is 5.26 Å². The van der Waals surface area contributed by atoms with E-state index >= 15 is 0 Å². The molecule has 0 radical (unpaired) electrons. The lowest BCUT2D eigenvalue weighted by molar-refractivity contribution is 0.454. The Labute approximate surface area is 383 Å². The Morgan fingerprint density at radius 3 is 1.49 bits per heavy atom. The lowest BCUT2D eigenvalue weighted by atomic mass is 9.97. The molecule has 9 aromatic carbocycles. The van der Waals surface area contributed by atoms with Crippen LogP contribution in [-0.4, -0.2) is 4.98 Å². The number of aromatic nitrogens is 1. The summed E-state index contributed by atoms with van der Waals surface area (Å²) in [6, 6.07) is 93.0. The van der Waals surface area contributed by atoms with Crippen LogP contribution in [-0.2, 0) is 0 Å². The van der Waals surface area contributed by atoms with Crippen molar-refractivity contribution in [1.82, 2.24) is 4.98 Å². The molecule has 0 N–H and O–H groups in total. The molecule has 0 spiro atoms. The number of hydrogen-bond donors (Lipinski definition) is 0. The second-order valence-corrected chi connectivity index (χ2v) is 21.9. The molecule has 0 fully saturated rings. The molecule has 0 aliphatic carbocycles. The van der Waals surface area contributed by atoms with Gasteiger partial charge >= 0.3 is 0 Å². The van der Waals surface area contributed by atoms with Crippen LogP contribution in [0, 0.1) is 11.3 Å². The van der Waals surface area contributed by atoms with Crippen LogP contribution in [0.15, 0.2) is 294 Å². The molecule has 2 heterocycles. The zero-order valence-corrected chi connectivity index (χ0v) is 37.0. The molecule has 5 heteroatoms. The largest absolute Gasteiger partial charge is 0.454 e. The van der Waals surface area contributed by atoms with E-state index < -0.39 is 20.1 Å². The maximum atomic E-state index is 10.4. The SMILES string of the molecule is N#Cc1ccccc1-c1cc(-c2cccc3c2Oc2ccccc2S3(c2ccccc2)c2ccccc2)cc(-c2cccc(S(c3ccccc3)(c3ccccc3)c3ccccc3)c2)n1. The number of benzene rings is 9. The normalized spacial score (nSPS) is 13.3. The minimum Gasteiger partial charge on any atom is -0.454 e. The average molecular weight is 871 g/mol. The van der Waals surface area contributed by atoms with Crippen molar-refractivity contribution in [2.24, 2.45) is 0 Å². The maximum Gasteiger partial charge on any atom is 0.148 e. The van der Waals surface area contributed by atoms with E-state index in [0.717, 1.165) is 44.3 Å². The van der Waals surface area contributed by atoms with Crippen molar-refractivity contribution in [2.45, 2.75) is 39.2 Å². The van der Waals surface area contributed by atoms with E-state index in [1.165, 1.54) is 34.3 Å². The molecule has 1 aliphatic rings. The summed E-state index contributed by atoms with van der Waals surface area (Å²) in [4.78, 5) is 15.1. The molecule has 310 valence electrons. The molecule has 3 nitrogen and oxygen atoms in total. The van der Waals surface area contributed by atoms with Crippen molar-refractivity contribution in [2.75, 3.05) is 0 Å². The molecule has 0 saturated heterocycles. The predicted octanol–water partition coefficient (Wildman–Crippen LogP) is 16.7. The van der Waals surface area contributed by atoms with E-state index in [2.05, 4.69) is 237 Å². The number of fused-ring (bicyclic) bond motifs is 2. The monoisotopic (exact) mass is 870 g/mol. The summed E-state index contributed by atoms with van der Waals surface area (Å²) in [7, 11) is -3.99. The lowest BCUT2D eigenvalue weighted by Gasteiger charge is -2.46. The van der Waals surface area contributed by atoms with Gasteiger partial charge in [0.2, 0.25) is 0 Å². The Kier molecular flexibility index (Phi) is 10.4. The van der Waals surface area contributed by atoms with Gasteiger partial charge in [-0.05, 0) is 115 Å². The fourth-order valence-electron chi connectivity index (χ4n) is 9.31. The highest BCUT2D eigenvalue weighted by Gasteiger charge is 2.42. The van der Waals surface area contributed by atoms with Gasteiger partial charge in [0.05, 0.1) is 23.0 Å². The first-order valence-corrected chi connectivity index (χ1v) is 24.9. The topological polar surface area (TPSA) is 45.9 Å². The zero-order chi connectivity index (χ0) is 43.6. The van der Waals surface area contributed by atoms with Crippen LogP contribution < -0.4 is 4.74 Å². The Morgan fingerprint density at radius 1 is 0.400 bits per heavy atom. The van der Waals surface area contributed by atoms with E-state index in [-0.39, 0.29) is 0 Å². The minimum absolute atomic E-state index is 0.564. The summed E-state index contributed by atoms with van der Waals surface area (Å²) < 4.78 is 7.16. The van der Waals surface area contributed by atoms with E-state index in [1.54, 1.807) is 0 Å². The molecular weight excluding hydrogens is 829 g/mol. The first kappa shape index (κ1) is 39.9. The third-order valence-corrected chi connectivity index (χ3v) is 20.0. The highest BCUT2D eigenvalue weighted by Crippen LogP contribution is 2.79. The third-order valence-electron chi connectivity index (χ3n) is 12.1. The lowest BCUT2D eigenvalue weighted by Crippen LogP contribution is -2.12.